The second-order valence-electron chi connectivity index (χ2n) is 6.24. The van der Waals surface area contributed by atoms with Gasteiger partial charge in [-0.05, 0) is 24.7 Å². The second-order valence-corrected chi connectivity index (χ2v) is 6.24. The Balaban J connectivity index is 2.12. The van der Waals surface area contributed by atoms with Gasteiger partial charge in [0, 0.05) is 0 Å². The second kappa shape index (κ2) is 6.51. The van der Waals surface area contributed by atoms with Crippen molar-refractivity contribution in [3.63, 3.8) is 0 Å². The molecule has 4 heteroatoms. The Labute approximate surface area is 116 Å². The number of hydrogen-bond donors (Lipinski definition) is 1. The van der Waals surface area contributed by atoms with Gasteiger partial charge in [0.05, 0.1) is 12.1 Å². The van der Waals surface area contributed by atoms with E-state index in [1.807, 2.05) is 4.68 Å². The average Bonchev–Trinajstić information content (AvgIpc) is 2.94. The summed E-state index contributed by atoms with van der Waals surface area (Å²) < 4.78 is 1.86. The summed E-state index contributed by atoms with van der Waals surface area (Å²) in [7, 11) is 0. The third kappa shape index (κ3) is 3.35. The first kappa shape index (κ1) is 14.5. The number of nitrogens with zero attached hydrogens (tertiary/aromatic N) is 3. The number of aliphatic hydroxyl groups excluding tert-OH is 1. The van der Waals surface area contributed by atoms with Crippen molar-refractivity contribution in [2.45, 2.75) is 77.4 Å². The van der Waals surface area contributed by atoms with Gasteiger partial charge in [-0.3, -0.25) is 0 Å². The molecule has 19 heavy (non-hydrogen) atoms. The van der Waals surface area contributed by atoms with Gasteiger partial charge in [-0.2, -0.15) is 5.10 Å². The van der Waals surface area contributed by atoms with Gasteiger partial charge in [-0.15, -0.1) is 0 Å². The molecular weight excluding hydrogens is 238 g/mol. The largest absolute Gasteiger partial charge is 0.390 e. The van der Waals surface area contributed by atoms with Gasteiger partial charge in [0.2, 0.25) is 0 Å². The van der Waals surface area contributed by atoms with Crippen molar-refractivity contribution < 1.29 is 5.11 Å². The zero-order valence-corrected chi connectivity index (χ0v) is 12.3. The summed E-state index contributed by atoms with van der Waals surface area (Å²) in [6.07, 6.45) is 12.3. The van der Waals surface area contributed by atoms with Crippen molar-refractivity contribution in [2.75, 3.05) is 0 Å². The molecule has 0 aromatic carbocycles. The molecule has 0 amide bonds. The van der Waals surface area contributed by atoms with E-state index in [0.717, 1.165) is 32.1 Å². The van der Waals surface area contributed by atoms with E-state index in [-0.39, 0.29) is 17.6 Å². The maximum absolute atomic E-state index is 10.9. The Kier molecular flexibility index (Phi) is 4.97. The zero-order chi connectivity index (χ0) is 13.7. The molecule has 1 aromatic heterocycles. The molecule has 2 unspecified atom stereocenters. The fourth-order valence-electron chi connectivity index (χ4n) is 3.36. The average molecular weight is 265 g/mol. The summed E-state index contributed by atoms with van der Waals surface area (Å²) in [6.45, 7) is 4.43. The molecule has 108 valence electrons. The minimum atomic E-state index is -0.318. The minimum Gasteiger partial charge on any atom is -0.390 e. The maximum Gasteiger partial charge on any atom is 0.137 e. The molecule has 1 aliphatic rings. The molecule has 1 saturated carbocycles. The summed E-state index contributed by atoms with van der Waals surface area (Å²) >= 11 is 0. The molecular formula is C15H27N3O. The Morgan fingerprint density at radius 3 is 2.63 bits per heavy atom. The van der Waals surface area contributed by atoms with E-state index >= 15 is 0 Å². The number of unbranched alkanes of at least 4 members (excludes halogenated alkanes) is 1. The van der Waals surface area contributed by atoms with Crippen LogP contribution in [0.15, 0.2) is 12.7 Å². The summed E-state index contributed by atoms with van der Waals surface area (Å²) in [5.41, 5.74) is 0.0443. The Morgan fingerprint density at radius 2 is 2.05 bits per heavy atom. The van der Waals surface area contributed by atoms with Crippen LogP contribution >= 0.6 is 0 Å². The predicted octanol–water partition coefficient (Wildman–Crippen LogP) is 3.34. The maximum atomic E-state index is 10.9. The van der Waals surface area contributed by atoms with Crippen LogP contribution in [0.25, 0.3) is 0 Å². The highest BCUT2D eigenvalue weighted by molar-refractivity contribution is 4.91. The van der Waals surface area contributed by atoms with Crippen LogP contribution in [0, 0.1) is 5.41 Å². The van der Waals surface area contributed by atoms with Crippen LogP contribution in [0.3, 0.4) is 0 Å². The number of rotatable bonds is 6. The molecule has 1 aliphatic carbocycles. The van der Waals surface area contributed by atoms with Crippen LogP contribution in [0.4, 0.5) is 0 Å². The van der Waals surface area contributed by atoms with Crippen molar-refractivity contribution in [1.82, 2.24) is 14.8 Å². The van der Waals surface area contributed by atoms with E-state index in [0.29, 0.717) is 0 Å². The molecule has 4 nitrogen and oxygen atoms in total. The Bertz CT molecular complexity index is 357. The van der Waals surface area contributed by atoms with E-state index in [2.05, 4.69) is 23.9 Å². The monoisotopic (exact) mass is 265 g/mol. The van der Waals surface area contributed by atoms with Gasteiger partial charge in [0.1, 0.15) is 12.7 Å². The lowest BCUT2D eigenvalue weighted by molar-refractivity contribution is -0.0322. The summed E-state index contributed by atoms with van der Waals surface area (Å²) in [5.74, 6) is 0. The summed E-state index contributed by atoms with van der Waals surface area (Å²) in [5, 5.41) is 15.2. The fraction of sp³-hybridized carbons (Fsp3) is 0.867. The van der Waals surface area contributed by atoms with Crippen LogP contribution in [-0.2, 0) is 0 Å². The molecule has 0 saturated heterocycles. The highest BCUT2D eigenvalue weighted by atomic mass is 16.3. The quantitative estimate of drug-likeness (QED) is 0.858. The highest BCUT2D eigenvalue weighted by Crippen LogP contribution is 2.43. The minimum absolute atomic E-state index is 0.0443. The van der Waals surface area contributed by atoms with Gasteiger partial charge in [-0.1, -0.05) is 46.0 Å². The molecule has 0 spiro atoms. The first-order chi connectivity index (χ1) is 9.17. The summed E-state index contributed by atoms with van der Waals surface area (Å²) in [4.78, 5) is 4.04. The van der Waals surface area contributed by atoms with E-state index < -0.39 is 0 Å². The van der Waals surface area contributed by atoms with Crippen molar-refractivity contribution in [3.8, 4) is 0 Å². The lowest BCUT2D eigenvalue weighted by Gasteiger charge is -2.41. The molecule has 1 heterocycles. The smallest absolute Gasteiger partial charge is 0.137 e. The number of hydrogen-bond acceptors (Lipinski definition) is 3. The van der Waals surface area contributed by atoms with Gasteiger partial charge in [-0.25, -0.2) is 9.67 Å². The van der Waals surface area contributed by atoms with Crippen molar-refractivity contribution >= 4 is 0 Å². The van der Waals surface area contributed by atoms with E-state index in [1.165, 1.54) is 19.3 Å². The lowest BCUT2D eigenvalue weighted by atomic mass is 9.69. The van der Waals surface area contributed by atoms with Crippen molar-refractivity contribution in [3.05, 3.63) is 12.7 Å². The van der Waals surface area contributed by atoms with Crippen molar-refractivity contribution in [2.24, 2.45) is 5.41 Å². The van der Waals surface area contributed by atoms with E-state index in [4.69, 9.17) is 0 Å². The topological polar surface area (TPSA) is 50.9 Å². The molecule has 2 atom stereocenters. The van der Waals surface area contributed by atoms with Gasteiger partial charge < -0.3 is 5.11 Å². The number of aromatic nitrogens is 3. The molecule has 0 radical (unpaired) electrons. The summed E-state index contributed by atoms with van der Waals surface area (Å²) in [6, 6.07) is 0.0746. The molecule has 0 aliphatic heterocycles. The van der Waals surface area contributed by atoms with Gasteiger partial charge in [0.15, 0.2) is 0 Å². The molecule has 1 fully saturated rings. The van der Waals surface area contributed by atoms with E-state index in [9.17, 15) is 5.11 Å². The fourth-order valence-corrected chi connectivity index (χ4v) is 3.36. The van der Waals surface area contributed by atoms with Crippen LogP contribution in [0.1, 0.15) is 71.3 Å². The molecule has 1 aromatic rings. The van der Waals surface area contributed by atoms with Gasteiger partial charge >= 0.3 is 0 Å². The first-order valence-electron chi connectivity index (χ1n) is 7.69. The van der Waals surface area contributed by atoms with Crippen LogP contribution < -0.4 is 0 Å². The Morgan fingerprint density at radius 1 is 1.32 bits per heavy atom. The van der Waals surface area contributed by atoms with E-state index in [1.54, 1.807) is 12.7 Å². The molecule has 1 N–H and O–H groups in total. The standard InChI is InChI=1S/C15H27N3O/c1-3-4-8-13(18-12-16-11-17-18)14(19)15(2)9-6-5-7-10-15/h11-14,19H,3-10H2,1-2H3. The zero-order valence-electron chi connectivity index (χ0n) is 12.3. The third-order valence-electron chi connectivity index (χ3n) is 4.70. The van der Waals surface area contributed by atoms with Crippen LogP contribution in [0.2, 0.25) is 0 Å². The third-order valence-corrected chi connectivity index (χ3v) is 4.70. The first-order valence-corrected chi connectivity index (χ1v) is 7.69. The Hall–Kier alpha value is -0.900. The SMILES string of the molecule is CCCCC(C(O)C1(C)CCCCC1)n1cncn1. The van der Waals surface area contributed by atoms with Crippen LogP contribution in [0.5, 0.6) is 0 Å². The molecule has 0 bridgehead atoms. The molecule has 2 rings (SSSR count). The van der Waals surface area contributed by atoms with Gasteiger partial charge in [0.25, 0.3) is 0 Å². The number of aliphatic hydroxyl groups is 1. The van der Waals surface area contributed by atoms with Crippen LogP contribution in [-0.4, -0.2) is 26.0 Å². The highest BCUT2D eigenvalue weighted by Gasteiger charge is 2.39. The normalized spacial score (nSPS) is 22.1. The lowest BCUT2D eigenvalue weighted by Crippen LogP contribution is -2.41. The van der Waals surface area contributed by atoms with Crippen molar-refractivity contribution in [1.29, 1.82) is 0 Å². The predicted molar refractivity (Wildman–Crippen MR) is 75.8 cm³/mol.